The van der Waals surface area contributed by atoms with Crippen LogP contribution in [0, 0.1) is 0 Å². The maximum atomic E-state index is 12.6. The highest BCUT2D eigenvalue weighted by Gasteiger charge is 2.24. The molecular weight excluding hydrogens is 390 g/mol. The van der Waals surface area contributed by atoms with Gasteiger partial charge in [-0.05, 0) is 36.8 Å². The number of hydrogen-bond acceptors (Lipinski definition) is 5. The van der Waals surface area contributed by atoms with E-state index in [4.69, 9.17) is 21.1 Å². The number of fused-ring (bicyclic) bond motifs is 1. The first-order valence-corrected chi connectivity index (χ1v) is 10.7. The smallest absolute Gasteiger partial charge is 0.242 e. The lowest BCUT2D eigenvalue weighted by molar-refractivity contribution is -0.116. The minimum Gasteiger partial charge on any atom is -0.486 e. The van der Waals surface area contributed by atoms with Gasteiger partial charge in [-0.3, -0.25) is 4.79 Å². The predicted molar refractivity (Wildman–Crippen MR) is 104 cm³/mol. The van der Waals surface area contributed by atoms with Crippen LogP contribution >= 0.6 is 11.6 Å². The molecule has 2 aromatic carbocycles. The zero-order valence-corrected chi connectivity index (χ0v) is 16.4. The van der Waals surface area contributed by atoms with Crippen molar-refractivity contribution in [2.75, 3.05) is 30.4 Å². The van der Waals surface area contributed by atoms with E-state index in [0.29, 0.717) is 47.5 Å². The number of sulfone groups is 1. The summed E-state index contributed by atoms with van der Waals surface area (Å²) in [4.78, 5) is 14.0. The number of ether oxygens (including phenoxy) is 2. The summed E-state index contributed by atoms with van der Waals surface area (Å²) in [6.45, 7) is 2.96. The number of carbonyl (C=O) groups is 1. The van der Waals surface area contributed by atoms with E-state index in [2.05, 4.69) is 0 Å². The van der Waals surface area contributed by atoms with Gasteiger partial charge in [0.15, 0.2) is 21.3 Å². The molecule has 6 nitrogen and oxygen atoms in total. The van der Waals surface area contributed by atoms with Gasteiger partial charge in [0.2, 0.25) is 5.91 Å². The summed E-state index contributed by atoms with van der Waals surface area (Å²) < 4.78 is 36.1. The molecule has 27 heavy (non-hydrogen) atoms. The van der Waals surface area contributed by atoms with Crippen molar-refractivity contribution in [1.29, 1.82) is 0 Å². The van der Waals surface area contributed by atoms with E-state index in [1.54, 1.807) is 37.3 Å². The van der Waals surface area contributed by atoms with Crippen LogP contribution in [0.2, 0.25) is 5.02 Å². The van der Waals surface area contributed by atoms with Crippen molar-refractivity contribution in [3.05, 3.63) is 53.1 Å². The first-order valence-electron chi connectivity index (χ1n) is 8.53. The fraction of sp³-hybridized carbons (Fsp3) is 0.316. The molecule has 0 N–H and O–H groups in total. The number of halogens is 1. The van der Waals surface area contributed by atoms with E-state index in [9.17, 15) is 13.2 Å². The summed E-state index contributed by atoms with van der Waals surface area (Å²) in [7, 11) is -3.69. The number of benzene rings is 2. The zero-order chi connectivity index (χ0) is 19.4. The van der Waals surface area contributed by atoms with E-state index in [-0.39, 0.29) is 5.75 Å². The molecule has 1 aliphatic heterocycles. The van der Waals surface area contributed by atoms with Crippen LogP contribution in [0.25, 0.3) is 0 Å². The van der Waals surface area contributed by atoms with Gasteiger partial charge in [-0.1, -0.05) is 29.8 Å². The van der Waals surface area contributed by atoms with Crippen LogP contribution in [0.5, 0.6) is 11.5 Å². The molecule has 8 heteroatoms. The molecule has 0 aliphatic carbocycles. The molecule has 1 aliphatic rings. The Hall–Kier alpha value is -2.25. The number of hydrogen-bond donors (Lipinski definition) is 0. The lowest BCUT2D eigenvalue weighted by Gasteiger charge is -2.21. The van der Waals surface area contributed by atoms with E-state index in [1.807, 2.05) is 6.07 Å². The Morgan fingerprint density at radius 1 is 1.15 bits per heavy atom. The molecule has 2 aromatic rings. The molecule has 0 unspecified atom stereocenters. The van der Waals surface area contributed by atoms with Gasteiger partial charge in [0, 0.05) is 12.2 Å². The lowest BCUT2D eigenvalue weighted by Crippen LogP contribution is -2.36. The van der Waals surface area contributed by atoms with E-state index in [1.165, 1.54) is 11.0 Å². The van der Waals surface area contributed by atoms with Crippen LogP contribution in [-0.2, 0) is 20.4 Å². The van der Waals surface area contributed by atoms with Crippen molar-refractivity contribution < 1.29 is 22.7 Å². The monoisotopic (exact) mass is 409 g/mol. The number of anilines is 1. The fourth-order valence-electron chi connectivity index (χ4n) is 2.93. The molecule has 0 saturated carbocycles. The second-order valence-corrected chi connectivity index (χ2v) is 8.58. The normalized spacial score (nSPS) is 13.3. The van der Waals surface area contributed by atoms with E-state index >= 15 is 0 Å². The van der Waals surface area contributed by atoms with Gasteiger partial charge in [0.1, 0.15) is 19.0 Å². The molecule has 0 radical (unpaired) electrons. The van der Waals surface area contributed by atoms with Crippen LogP contribution in [-0.4, -0.2) is 39.8 Å². The largest absolute Gasteiger partial charge is 0.486 e. The summed E-state index contributed by atoms with van der Waals surface area (Å²) >= 11 is 6.16. The average molecular weight is 410 g/mol. The van der Waals surface area contributed by atoms with Gasteiger partial charge in [-0.15, -0.1) is 0 Å². The van der Waals surface area contributed by atoms with Gasteiger partial charge < -0.3 is 14.4 Å². The highest BCUT2D eigenvalue weighted by atomic mass is 35.5. The number of carbonyl (C=O) groups excluding carboxylic acids is 1. The topological polar surface area (TPSA) is 72.9 Å². The number of para-hydroxylation sites is 1. The zero-order valence-electron chi connectivity index (χ0n) is 14.9. The standard InChI is InChI=1S/C19H20ClNO5S/c1-2-21(15-6-4-3-5-7-15)18(22)13-27(23,24)12-14-10-16(20)19-17(11-14)25-8-9-26-19/h3-7,10-11H,2,8-9,12-13H2,1H3. The van der Waals surface area contributed by atoms with Gasteiger partial charge in [-0.25, -0.2) is 8.42 Å². The first kappa shape index (κ1) is 19.5. The maximum absolute atomic E-state index is 12.6. The molecule has 3 rings (SSSR count). The van der Waals surface area contributed by atoms with Crippen LogP contribution in [0.4, 0.5) is 5.69 Å². The van der Waals surface area contributed by atoms with Crippen LogP contribution < -0.4 is 14.4 Å². The second-order valence-electron chi connectivity index (χ2n) is 6.11. The number of nitrogens with zero attached hydrogens (tertiary/aromatic N) is 1. The molecule has 1 amide bonds. The summed E-state index contributed by atoms with van der Waals surface area (Å²) in [5, 5.41) is 0.295. The van der Waals surface area contributed by atoms with Crippen LogP contribution in [0.3, 0.4) is 0 Å². The van der Waals surface area contributed by atoms with Crippen LogP contribution in [0.1, 0.15) is 12.5 Å². The molecule has 0 spiro atoms. The third-order valence-corrected chi connectivity index (χ3v) is 5.81. The van der Waals surface area contributed by atoms with Crippen molar-refractivity contribution in [3.63, 3.8) is 0 Å². The quantitative estimate of drug-likeness (QED) is 0.733. The number of rotatable bonds is 6. The predicted octanol–water partition coefficient (Wildman–Crippen LogP) is 3.08. The SMILES string of the molecule is CCN(C(=O)CS(=O)(=O)Cc1cc(Cl)c2c(c1)OCCO2)c1ccccc1. The molecule has 0 saturated heterocycles. The Morgan fingerprint density at radius 3 is 2.56 bits per heavy atom. The van der Waals surface area contributed by atoms with Crippen molar-refractivity contribution in [2.45, 2.75) is 12.7 Å². The minimum absolute atomic E-state index is 0.295. The first-order chi connectivity index (χ1) is 12.9. The van der Waals surface area contributed by atoms with Crippen molar-refractivity contribution in [2.24, 2.45) is 0 Å². The highest BCUT2D eigenvalue weighted by Crippen LogP contribution is 2.38. The van der Waals surface area contributed by atoms with E-state index < -0.39 is 21.5 Å². The van der Waals surface area contributed by atoms with Crippen molar-refractivity contribution in [1.82, 2.24) is 0 Å². The van der Waals surface area contributed by atoms with E-state index in [0.717, 1.165) is 0 Å². The Morgan fingerprint density at radius 2 is 1.85 bits per heavy atom. The summed E-state index contributed by atoms with van der Waals surface area (Å²) in [5.74, 6) is -0.512. The third-order valence-electron chi connectivity index (χ3n) is 4.07. The Kier molecular flexibility index (Phi) is 5.92. The Labute approximate surface area is 163 Å². The molecule has 0 atom stereocenters. The minimum atomic E-state index is -3.69. The number of amides is 1. The van der Waals surface area contributed by atoms with Gasteiger partial charge in [0.05, 0.1) is 10.8 Å². The maximum Gasteiger partial charge on any atom is 0.242 e. The fourth-order valence-corrected chi connectivity index (χ4v) is 4.53. The van der Waals surface area contributed by atoms with Crippen LogP contribution in [0.15, 0.2) is 42.5 Å². The summed E-state index contributed by atoms with van der Waals surface area (Å²) in [5.41, 5.74) is 1.13. The van der Waals surface area contributed by atoms with Crippen molar-refractivity contribution >= 4 is 33.0 Å². The van der Waals surface area contributed by atoms with Gasteiger partial charge >= 0.3 is 0 Å². The molecular formula is C19H20ClNO5S. The Bertz CT molecular complexity index is 931. The summed E-state index contributed by atoms with van der Waals surface area (Å²) in [6.07, 6.45) is 0. The second kappa shape index (κ2) is 8.19. The average Bonchev–Trinajstić information content (AvgIpc) is 2.62. The Balaban J connectivity index is 1.75. The molecule has 1 heterocycles. The molecule has 144 valence electrons. The van der Waals surface area contributed by atoms with Gasteiger partial charge in [-0.2, -0.15) is 0 Å². The molecule has 0 bridgehead atoms. The molecule has 0 fully saturated rings. The third kappa shape index (κ3) is 4.73. The molecule has 0 aromatic heterocycles. The highest BCUT2D eigenvalue weighted by molar-refractivity contribution is 7.91. The lowest BCUT2D eigenvalue weighted by atomic mass is 10.2. The summed E-state index contributed by atoms with van der Waals surface area (Å²) in [6, 6.07) is 12.1. The van der Waals surface area contributed by atoms with Gasteiger partial charge in [0.25, 0.3) is 0 Å². The van der Waals surface area contributed by atoms with Crippen molar-refractivity contribution in [3.8, 4) is 11.5 Å².